The van der Waals surface area contributed by atoms with Gasteiger partial charge in [-0.2, -0.15) is 0 Å². The molecule has 0 aromatic heterocycles. The third kappa shape index (κ3) is 3.86. The van der Waals surface area contributed by atoms with E-state index in [0.29, 0.717) is 0 Å². The Morgan fingerprint density at radius 2 is 2.18 bits per heavy atom. The van der Waals surface area contributed by atoms with E-state index in [1.165, 1.54) is 0 Å². The summed E-state index contributed by atoms with van der Waals surface area (Å²) < 4.78 is 16.1. The zero-order chi connectivity index (χ0) is 8.32. The summed E-state index contributed by atoms with van der Waals surface area (Å²) in [5.74, 6) is 0. The van der Waals surface area contributed by atoms with Crippen molar-refractivity contribution in [3.8, 4) is 0 Å². The maximum atomic E-state index is 5.57. The van der Waals surface area contributed by atoms with Crippen molar-refractivity contribution in [2.45, 2.75) is 32.7 Å². The Morgan fingerprint density at radius 1 is 1.55 bits per heavy atom. The topological polar surface area (TPSA) is 31.0 Å². The van der Waals surface area contributed by atoms with E-state index in [2.05, 4.69) is 6.92 Å². The van der Waals surface area contributed by atoms with E-state index in [-0.39, 0.29) is 6.29 Å². The van der Waals surface area contributed by atoms with Crippen molar-refractivity contribution in [3.05, 3.63) is 0 Å². The summed E-state index contributed by atoms with van der Waals surface area (Å²) in [6.45, 7) is 7.73. The highest BCUT2D eigenvalue weighted by Crippen LogP contribution is 2.18. The molecule has 0 radical (unpaired) electrons. The van der Waals surface area contributed by atoms with Crippen LogP contribution in [0.1, 0.15) is 13.3 Å². The van der Waals surface area contributed by atoms with Crippen LogP contribution >= 0.6 is 0 Å². The highest BCUT2D eigenvalue weighted by molar-refractivity contribution is 6.64. The number of rotatable bonds is 5. The molecule has 1 aliphatic heterocycles. The van der Waals surface area contributed by atoms with E-state index < -0.39 is 8.56 Å². The summed E-state index contributed by atoms with van der Waals surface area (Å²) in [4.78, 5) is 0. The Balaban J connectivity index is 2.14. The minimum Gasteiger partial charge on any atom is -0.394 e. The molecule has 0 aromatic carbocycles. The van der Waals surface area contributed by atoms with Gasteiger partial charge in [0.25, 0.3) is 0 Å². The van der Waals surface area contributed by atoms with Crippen molar-refractivity contribution < 1.29 is 13.6 Å². The third-order valence-corrected chi connectivity index (χ3v) is 3.10. The summed E-state index contributed by atoms with van der Waals surface area (Å²) >= 11 is 0. The normalized spacial score (nSPS) is 23.7. The van der Waals surface area contributed by atoms with Crippen LogP contribution in [0.4, 0.5) is 0 Å². The molecule has 1 atom stereocenters. The average Bonchev–Trinajstić information content (AvgIpc) is 2.67. The van der Waals surface area contributed by atoms with E-state index in [4.69, 9.17) is 13.6 Å². The van der Waals surface area contributed by atoms with Crippen LogP contribution in [0.15, 0.2) is 0 Å². The van der Waals surface area contributed by atoms with E-state index in [9.17, 15) is 0 Å². The van der Waals surface area contributed by atoms with Gasteiger partial charge in [0.2, 0.25) is 0 Å². The molecule has 66 valence electrons. The van der Waals surface area contributed by atoms with Crippen molar-refractivity contribution >= 4 is 8.56 Å². The second-order valence-electron chi connectivity index (χ2n) is 3.13. The maximum absolute atomic E-state index is 5.57. The Kier molecular flexibility index (Phi) is 3.06. The van der Waals surface area contributed by atoms with Crippen LogP contribution in [-0.4, -0.2) is 28.1 Å². The van der Waals surface area contributed by atoms with Gasteiger partial charge in [-0.15, -0.1) is 0 Å². The van der Waals surface area contributed by atoms with Crippen LogP contribution in [0.25, 0.3) is 0 Å². The number of hydrogen-bond acceptors (Lipinski definition) is 3. The Morgan fingerprint density at radius 3 is 2.64 bits per heavy atom. The first-order chi connectivity index (χ1) is 5.14. The fourth-order valence-electron chi connectivity index (χ4n) is 0.806. The first kappa shape index (κ1) is 9.19. The lowest BCUT2D eigenvalue weighted by atomic mass is 10.5. The van der Waals surface area contributed by atoms with Gasteiger partial charge in [0.1, 0.15) is 6.61 Å². The Bertz CT molecular complexity index is 123. The standard InChI is InChI=1S/C7H16O3Si/c1-4-5-9-11(2,3)10-7-6-8-7/h7H,4-6H2,1-3H3. The molecule has 4 heteroatoms. The van der Waals surface area contributed by atoms with E-state index in [0.717, 1.165) is 19.6 Å². The summed E-state index contributed by atoms with van der Waals surface area (Å²) in [7, 11) is -1.85. The molecular weight excluding hydrogens is 160 g/mol. The molecule has 1 saturated heterocycles. The summed E-state index contributed by atoms with van der Waals surface area (Å²) in [5.41, 5.74) is 0. The van der Waals surface area contributed by atoms with Crippen molar-refractivity contribution in [3.63, 3.8) is 0 Å². The number of epoxide rings is 1. The van der Waals surface area contributed by atoms with Crippen molar-refractivity contribution in [1.29, 1.82) is 0 Å². The molecular formula is C7H16O3Si. The van der Waals surface area contributed by atoms with Crippen LogP contribution in [0.3, 0.4) is 0 Å². The van der Waals surface area contributed by atoms with E-state index in [1.807, 2.05) is 13.1 Å². The zero-order valence-corrected chi connectivity index (χ0v) is 8.42. The smallest absolute Gasteiger partial charge is 0.333 e. The van der Waals surface area contributed by atoms with Crippen LogP contribution in [-0.2, 0) is 13.6 Å². The lowest BCUT2D eigenvalue weighted by Crippen LogP contribution is -2.36. The highest BCUT2D eigenvalue weighted by atomic mass is 28.4. The molecule has 0 aromatic rings. The fourth-order valence-corrected chi connectivity index (χ4v) is 2.34. The van der Waals surface area contributed by atoms with Gasteiger partial charge in [-0.05, 0) is 19.5 Å². The van der Waals surface area contributed by atoms with Crippen molar-refractivity contribution in [2.75, 3.05) is 13.2 Å². The van der Waals surface area contributed by atoms with Crippen LogP contribution in [0.2, 0.25) is 13.1 Å². The molecule has 0 bridgehead atoms. The molecule has 3 nitrogen and oxygen atoms in total. The van der Waals surface area contributed by atoms with Gasteiger partial charge in [0.05, 0.1) is 0 Å². The average molecular weight is 176 g/mol. The molecule has 0 aliphatic carbocycles. The SMILES string of the molecule is CCCO[Si](C)(C)OC1CO1. The summed E-state index contributed by atoms with van der Waals surface area (Å²) in [6, 6.07) is 0. The van der Waals surface area contributed by atoms with Gasteiger partial charge in [-0.25, -0.2) is 0 Å². The predicted octanol–water partition coefficient (Wildman–Crippen LogP) is 1.49. The summed E-state index contributed by atoms with van der Waals surface area (Å²) in [6.07, 6.45) is 1.08. The molecule has 1 aliphatic rings. The lowest BCUT2D eigenvalue weighted by Gasteiger charge is -2.20. The van der Waals surface area contributed by atoms with Gasteiger partial charge < -0.3 is 13.6 Å². The maximum Gasteiger partial charge on any atom is 0.333 e. The molecule has 0 saturated carbocycles. The van der Waals surface area contributed by atoms with Crippen LogP contribution < -0.4 is 0 Å². The molecule has 0 amide bonds. The second-order valence-corrected chi connectivity index (χ2v) is 6.45. The second kappa shape index (κ2) is 3.67. The fraction of sp³-hybridized carbons (Fsp3) is 1.00. The quantitative estimate of drug-likeness (QED) is 0.470. The van der Waals surface area contributed by atoms with E-state index >= 15 is 0 Å². The van der Waals surface area contributed by atoms with E-state index in [1.54, 1.807) is 0 Å². The van der Waals surface area contributed by atoms with Gasteiger partial charge in [0, 0.05) is 6.61 Å². The van der Waals surface area contributed by atoms with Gasteiger partial charge in [0.15, 0.2) is 6.29 Å². The number of hydrogen-bond donors (Lipinski definition) is 0. The molecule has 1 heterocycles. The highest BCUT2D eigenvalue weighted by Gasteiger charge is 2.34. The first-order valence-electron chi connectivity index (χ1n) is 4.07. The Hall–Kier alpha value is 0.0969. The van der Waals surface area contributed by atoms with Crippen LogP contribution in [0, 0.1) is 0 Å². The molecule has 1 fully saturated rings. The largest absolute Gasteiger partial charge is 0.394 e. The minimum absolute atomic E-state index is 0.0357. The molecule has 1 unspecified atom stereocenters. The molecule has 0 spiro atoms. The minimum atomic E-state index is -1.85. The van der Waals surface area contributed by atoms with Crippen molar-refractivity contribution in [2.24, 2.45) is 0 Å². The predicted molar refractivity (Wildman–Crippen MR) is 44.6 cm³/mol. The van der Waals surface area contributed by atoms with Crippen LogP contribution in [0.5, 0.6) is 0 Å². The van der Waals surface area contributed by atoms with Gasteiger partial charge in [-0.3, -0.25) is 0 Å². The van der Waals surface area contributed by atoms with Gasteiger partial charge >= 0.3 is 8.56 Å². The third-order valence-electron chi connectivity index (χ3n) is 1.37. The van der Waals surface area contributed by atoms with Crippen molar-refractivity contribution in [1.82, 2.24) is 0 Å². The number of ether oxygens (including phenoxy) is 1. The van der Waals surface area contributed by atoms with Gasteiger partial charge in [-0.1, -0.05) is 6.92 Å². The molecule has 1 rings (SSSR count). The molecule has 11 heavy (non-hydrogen) atoms. The molecule has 0 N–H and O–H groups in total. The monoisotopic (exact) mass is 176 g/mol. The Labute approximate surface area is 68.9 Å². The lowest BCUT2D eigenvalue weighted by molar-refractivity contribution is 0.112. The first-order valence-corrected chi connectivity index (χ1v) is 6.89. The zero-order valence-electron chi connectivity index (χ0n) is 7.42. The summed E-state index contributed by atoms with van der Waals surface area (Å²) in [5, 5.41) is 0.